The maximum Gasteiger partial charge on any atom is 0.207 e. The van der Waals surface area contributed by atoms with Crippen LogP contribution in [-0.4, -0.2) is 31.5 Å². The van der Waals surface area contributed by atoms with Crippen molar-refractivity contribution in [2.24, 2.45) is 5.73 Å². The number of nitrogens with zero attached hydrogens (tertiary/aromatic N) is 5. The summed E-state index contributed by atoms with van der Waals surface area (Å²) in [6.07, 6.45) is 0. The van der Waals surface area contributed by atoms with Gasteiger partial charge in [-0.3, -0.25) is 0 Å². The van der Waals surface area contributed by atoms with Gasteiger partial charge in [0, 0.05) is 13.1 Å². The SMILES string of the molecule is Cc1nnc(SCc2nnc(Cl)s2)n1CCN. The van der Waals surface area contributed by atoms with Crippen molar-refractivity contribution in [1.29, 1.82) is 0 Å². The molecule has 9 heteroatoms. The minimum absolute atomic E-state index is 0.459. The zero-order chi connectivity index (χ0) is 12.3. The van der Waals surface area contributed by atoms with Gasteiger partial charge in [0.1, 0.15) is 10.8 Å². The van der Waals surface area contributed by atoms with Crippen LogP contribution in [-0.2, 0) is 12.3 Å². The highest BCUT2D eigenvalue weighted by molar-refractivity contribution is 7.98. The van der Waals surface area contributed by atoms with E-state index < -0.39 is 0 Å². The molecule has 0 fully saturated rings. The molecule has 2 N–H and O–H groups in total. The van der Waals surface area contributed by atoms with Crippen LogP contribution in [0.1, 0.15) is 10.8 Å². The Morgan fingerprint density at radius 2 is 2.18 bits per heavy atom. The molecule has 2 aromatic heterocycles. The van der Waals surface area contributed by atoms with Gasteiger partial charge in [0.15, 0.2) is 5.16 Å². The van der Waals surface area contributed by atoms with Gasteiger partial charge in [-0.25, -0.2) is 0 Å². The number of rotatable bonds is 5. The molecule has 0 bridgehead atoms. The Balaban J connectivity index is 2.03. The lowest BCUT2D eigenvalue weighted by atomic mass is 10.6. The van der Waals surface area contributed by atoms with E-state index in [0.717, 1.165) is 22.5 Å². The van der Waals surface area contributed by atoms with Crippen LogP contribution in [0.3, 0.4) is 0 Å². The smallest absolute Gasteiger partial charge is 0.207 e. The van der Waals surface area contributed by atoms with Gasteiger partial charge in [-0.1, -0.05) is 23.1 Å². The summed E-state index contributed by atoms with van der Waals surface area (Å²) in [5, 5.41) is 17.5. The van der Waals surface area contributed by atoms with Crippen molar-refractivity contribution < 1.29 is 0 Å². The molecule has 0 aliphatic carbocycles. The van der Waals surface area contributed by atoms with Crippen molar-refractivity contribution in [2.75, 3.05) is 6.54 Å². The molecule has 0 aliphatic heterocycles. The van der Waals surface area contributed by atoms with Gasteiger partial charge in [0.05, 0.1) is 5.75 Å². The van der Waals surface area contributed by atoms with E-state index in [-0.39, 0.29) is 0 Å². The number of aryl methyl sites for hydroxylation is 1. The maximum atomic E-state index is 5.71. The second kappa shape index (κ2) is 5.76. The highest BCUT2D eigenvalue weighted by Gasteiger charge is 2.10. The van der Waals surface area contributed by atoms with E-state index in [1.807, 2.05) is 11.5 Å². The van der Waals surface area contributed by atoms with Gasteiger partial charge in [-0.15, -0.1) is 20.4 Å². The quantitative estimate of drug-likeness (QED) is 0.837. The third-order valence-corrected chi connectivity index (χ3v) is 4.20. The molecule has 0 unspecified atom stereocenters. The summed E-state index contributed by atoms with van der Waals surface area (Å²) >= 11 is 8.64. The van der Waals surface area contributed by atoms with Crippen molar-refractivity contribution in [2.45, 2.75) is 24.4 Å². The lowest BCUT2D eigenvalue weighted by molar-refractivity contribution is 0.627. The summed E-state index contributed by atoms with van der Waals surface area (Å²) in [6, 6.07) is 0. The van der Waals surface area contributed by atoms with Crippen molar-refractivity contribution in [3.8, 4) is 0 Å². The van der Waals surface area contributed by atoms with Gasteiger partial charge in [-0.05, 0) is 18.5 Å². The zero-order valence-electron chi connectivity index (χ0n) is 9.13. The third-order valence-electron chi connectivity index (χ3n) is 2.02. The van der Waals surface area contributed by atoms with Crippen LogP contribution in [0.15, 0.2) is 5.16 Å². The molecule has 0 spiro atoms. The first-order valence-electron chi connectivity index (χ1n) is 4.91. The predicted molar refractivity (Wildman–Crippen MR) is 68.3 cm³/mol. The molecule has 17 heavy (non-hydrogen) atoms. The molecule has 6 nitrogen and oxygen atoms in total. The lowest BCUT2D eigenvalue weighted by Gasteiger charge is -2.04. The van der Waals surface area contributed by atoms with Crippen molar-refractivity contribution in [1.82, 2.24) is 25.0 Å². The number of halogens is 1. The van der Waals surface area contributed by atoms with Gasteiger partial charge in [-0.2, -0.15) is 0 Å². The van der Waals surface area contributed by atoms with E-state index in [1.165, 1.54) is 11.3 Å². The first kappa shape index (κ1) is 12.7. The summed E-state index contributed by atoms with van der Waals surface area (Å²) in [5.74, 6) is 1.56. The Hall–Kier alpha value is -0.700. The summed E-state index contributed by atoms with van der Waals surface area (Å²) in [6.45, 7) is 3.20. The summed E-state index contributed by atoms with van der Waals surface area (Å²) in [5.41, 5.74) is 5.54. The Bertz CT molecular complexity index is 496. The Morgan fingerprint density at radius 1 is 1.35 bits per heavy atom. The molecule has 0 amide bonds. The van der Waals surface area contributed by atoms with Crippen LogP contribution >= 0.6 is 34.7 Å². The minimum Gasteiger partial charge on any atom is -0.329 e. The number of hydrogen-bond acceptors (Lipinski definition) is 7. The molecule has 2 rings (SSSR count). The fourth-order valence-electron chi connectivity index (χ4n) is 1.27. The first-order valence-corrected chi connectivity index (χ1v) is 7.09. The molecular weight excluding hydrogens is 280 g/mol. The maximum absolute atomic E-state index is 5.71. The Morgan fingerprint density at radius 3 is 2.82 bits per heavy atom. The third kappa shape index (κ3) is 3.15. The van der Waals surface area contributed by atoms with Crippen LogP contribution < -0.4 is 5.73 Å². The molecular formula is C8H11ClN6S2. The second-order valence-electron chi connectivity index (χ2n) is 3.21. The number of nitrogens with two attached hydrogens (primary N) is 1. The van der Waals surface area contributed by atoms with Crippen LogP contribution in [0, 0.1) is 6.92 Å². The highest BCUT2D eigenvalue weighted by atomic mass is 35.5. The number of aromatic nitrogens is 5. The second-order valence-corrected chi connectivity index (χ2v) is 5.79. The molecule has 0 saturated carbocycles. The first-order chi connectivity index (χ1) is 8.20. The van der Waals surface area contributed by atoms with E-state index in [4.69, 9.17) is 17.3 Å². The zero-order valence-corrected chi connectivity index (χ0v) is 11.5. The standard InChI is InChI=1S/C8H11ClN6S2/c1-5-11-14-8(15(5)3-2-10)16-4-6-12-13-7(9)17-6/h2-4,10H2,1H3. The van der Waals surface area contributed by atoms with E-state index in [2.05, 4.69) is 20.4 Å². The molecule has 2 heterocycles. The van der Waals surface area contributed by atoms with Crippen LogP contribution in [0.4, 0.5) is 0 Å². The van der Waals surface area contributed by atoms with E-state index in [1.54, 1.807) is 11.8 Å². The molecule has 0 aromatic carbocycles. The fourth-order valence-corrected chi connectivity index (χ4v) is 3.14. The Labute approximate surface area is 112 Å². The van der Waals surface area contributed by atoms with E-state index in [0.29, 0.717) is 16.8 Å². The van der Waals surface area contributed by atoms with Crippen molar-refractivity contribution in [3.63, 3.8) is 0 Å². The van der Waals surface area contributed by atoms with Gasteiger partial charge < -0.3 is 10.3 Å². The average Bonchev–Trinajstić information content (AvgIpc) is 2.86. The van der Waals surface area contributed by atoms with Crippen LogP contribution in [0.2, 0.25) is 4.47 Å². The number of thioether (sulfide) groups is 1. The minimum atomic E-state index is 0.459. The molecule has 92 valence electrons. The average molecular weight is 291 g/mol. The Kier molecular flexibility index (Phi) is 4.32. The fraction of sp³-hybridized carbons (Fsp3) is 0.500. The van der Waals surface area contributed by atoms with Gasteiger partial charge >= 0.3 is 0 Å². The lowest BCUT2D eigenvalue weighted by Crippen LogP contribution is -2.12. The van der Waals surface area contributed by atoms with Crippen molar-refractivity contribution >= 4 is 34.7 Å². The van der Waals surface area contributed by atoms with Crippen LogP contribution in [0.25, 0.3) is 0 Å². The van der Waals surface area contributed by atoms with E-state index >= 15 is 0 Å². The van der Waals surface area contributed by atoms with E-state index in [9.17, 15) is 0 Å². The number of hydrogen-bond donors (Lipinski definition) is 1. The molecule has 0 aliphatic rings. The monoisotopic (exact) mass is 290 g/mol. The van der Waals surface area contributed by atoms with Gasteiger partial charge in [0.2, 0.25) is 4.47 Å². The predicted octanol–water partition coefficient (Wildman–Crippen LogP) is 1.34. The molecule has 0 saturated heterocycles. The summed E-state index contributed by atoms with van der Waals surface area (Å²) < 4.78 is 2.45. The summed E-state index contributed by atoms with van der Waals surface area (Å²) in [4.78, 5) is 0. The molecule has 2 aromatic rings. The van der Waals surface area contributed by atoms with Gasteiger partial charge in [0.25, 0.3) is 0 Å². The topological polar surface area (TPSA) is 82.5 Å². The molecule has 0 radical (unpaired) electrons. The molecule has 0 atom stereocenters. The van der Waals surface area contributed by atoms with Crippen LogP contribution in [0.5, 0.6) is 0 Å². The summed E-state index contributed by atoms with van der Waals surface area (Å²) in [7, 11) is 0. The largest absolute Gasteiger partial charge is 0.329 e. The highest BCUT2D eigenvalue weighted by Crippen LogP contribution is 2.24. The van der Waals surface area contributed by atoms with Crippen molar-refractivity contribution in [3.05, 3.63) is 15.3 Å². The normalized spacial score (nSPS) is 11.0.